The molecule has 1 saturated heterocycles. The van der Waals surface area contributed by atoms with Gasteiger partial charge in [0, 0.05) is 46.0 Å². The largest absolute Gasteiger partial charge is 0.492 e. The van der Waals surface area contributed by atoms with Gasteiger partial charge in [0.25, 0.3) is 5.91 Å². The summed E-state index contributed by atoms with van der Waals surface area (Å²) in [5.74, 6) is 1.23. The zero-order valence-corrected chi connectivity index (χ0v) is 18.8. The summed E-state index contributed by atoms with van der Waals surface area (Å²) in [5.41, 5.74) is 0.183. The van der Waals surface area contributed by atoms with Gasteiger partial charge in [0.05, 0.1) is 11.7 Å². The number of piperazine rings is 1. The van der Waals surface area contributed by atoms with Gasteiger partial charge in [-0.05, 0) is 39.3 Å². The maximum Gasteiger partial charge on any atom is 0.410 e. The molecule has 172 valence electrons. The molecule has 2 heterocycles. The van der Waals surface area contributed by atoms with Gasteiger partial charge in [-0.3, -0.25) is 4.79 Å². The number of anilines is 1. The first-order valence-electron chi connectivity index (χ1n) is 10.7. The molecule has 2 amide bonds. The summed E-state index contributed by atoms with van der Waals surface area (Å²) in [7, 11) is 1.64. The van der Waals surface area contributed by atoms with E-state index in [0.29, 0.717) is 56.6 Å². The number of fused-ring (bicyclic) bond motifs is 1. The Bertz CT molecular complexity index is 779. The molecule has 0 aromatic heterocycles. The first kappa shape index (κ1) is 23.1. The van der Waals surface area contributed by atoms with Gasteiger partial charge in [0.1, 0.15) is 23.7 Å². The predicted octanol–water partition coefficient (Wildman–Crippen LogP) is 2.04. The van der Waals surface area contributed by atoms with E-state index in [0.717, 1.165) is 6.42 Å². The molecule has 1 unspecified atom stereocenters. The van der Waals surface area contributed by atoms with Crippen molar-refractivity contribution in [2.24, 2.45) is 0 Å². The number of rotatable bonds is 7. The van der Waals surface area contributed by atoms with E-state index in [1.165, 1.54) is 0 Å². The van der Waals surface area contributed by atoms with Crippen LogP contribution in [0.2, 0.25) is 0 Å². The van der Waals surface area contributed by atoms with E-state index in [1.54, 1.807) is 16.9 Å². The molecule has 2 aliphatic heterocycles. The highest BCUT2D eigenvalue weighted by molar-refractivity contribution is 5.98. The van der Waals surface area contributed by atoms with Crippen molar-refractivity contribution in [1.29, 1.82) is 0 Å². The number of hydrogen-bond donors (Lipinski definition) is 1. The molecule has 0 radical (unpaired) electrons. The SMILES string of the molecule is COCCCN1C(=O)COc2ccc(OCC3CN(C(=O)OC(C)(C)C)CCN3)cc21. The molecule has 9 nitrogen and oxygen atoms in total. The topological polar surface area (TPSA) is 89.6 Å². The molecule has 1 atom stereocenters. The lowest BCUT2D eigenvalue weighted by Crippen LogP contribution is -2.55. The lowest BCUT2D eigenvalue weighted by atomic mass is 10.2. The summed E-state index contributed by atoms with van der Waals surface area (Å²) in [6.45, 7) is 8.91. The third-order valence-corrected chi connectivity index (χ3v) is 4.96. The van der Waals surface area contributed by atoms with Gasteiger partial charge in [-0.15, -0.1) is 0 Å². The van der Waals surface area contributed by atoms with E-state index < -0.39 is 5.60 Å². The maximum absolute atomic E-state index is 12.3. The van der Waals surface area contributed by atoms with Gasteiger partial charge in [0.15, 0.2) is 6.61 Å². The van der Waals surface area contributed by atoms with E-state index in [4.69, 9.17) is 18.9 Å². The highest BCUT2D eigenvalue weighted by Gasteiger charge is 2.28. The maximum atomic E-state index is 12.3. The molecule has 0 spiro atoms. The summed E-state index contributed by atoms with van der Waals surface area (Å²) in [4.78, 5) is 28.1. The normalized spacial score (nSPS) is 19.0. The van der Waals surface area contributed by atoms with Crippen molar-refractivity contribution in [3.8, 4) is 11.5 Å². The van der Waals surface area contributed by atoms with E-state index in [1.807, 2.05) is 39.0 Å². The van der Waals surface area contributed by atoms with Crippen LogP contribution in [0.5, 0.6) is 11.5 Å². The van der Waals surface area contributed by atoms with Crippen LogP contribution in [-0.4, -0.2) is 81.7 Å². The predicted molar refractivity (Wildman–Crippen MR) is 116 cm³/mol. The van der Waals surface area contributed by atoms with Crippen molar-refractivity contribution in [3.63, 3.8) is 0 Å². The number of hydrogen-bond acceptors (Lipinski definition) is 7. The number of benzene rings is 1. The van der Waals surface area contributed by atoms with E-state index in [9.17, 15) is 9.59 Å². The average molecular weight is 436 g/mol. The highest BCUT2D eigenvalue weighted by atomic mass is 16.6. The zero-order chi connectivity index (χ0) is 22.4. The molecule has 31 heavy (non-hydrogen) atoms. The van der Waals surface area contributed by atoms with Gasteiger partial charge in [-0.2, -0.15) is 0 Å². The number of nitrogens with zero attached hydrogens (tertiary/aromatic N) is 2. The summed E-state index contributed by atoms with van der Waals surface area (Å²) < 4.78 is 22.1. The third kappa shape index (κ3) is 6.48. The molecule has 1 N–H and O–H groups in total. The number of ether oxygens (including phenoxy) is 4. The minimum Gasteiger partial charge on any atom is -0.492 e. The van der Waals surface area contributed by atoms with Gasteiger partial charge < -0.3 is 34.1 Å². The number of carbonyl (C=O) groups excluding carboxylic acids is 2. The molecule has 2 aliphatic rings. The fourth-order valence-corrected chi connectivity index (χ4v) is 3.51. The van der Waals surface area contributed by atoms with Gasteiger partial charge in [-0.1, -0.05) is 0 Å². The van der Waals surface area contributed by atoms with Crippen LogP contribution in [0.1, 0.15) is 27.2 Å². The molecule has 1 aromatic rings. The van der Waals surface area contributed by atoms with Crippen LogP contribution in [0.3, 0.4) is 0 Å². The zero-order valence-electron chi connectivity index (χ0n) is 18.8. The van der Waals surface area contributed by atoms with Crippen molar-refractivity contribution in [2.75, 3.05) is 58.0 Å². The fraction of sp³-hybridized carbons (Fsp3) is 0.636. The van der Waals surface area contributed by atoms with Crippen LogP contribution >= 0.6 is 0 Å². The Kier molecular flexibility index (Phi) is 7.61. The number of amides is 2. The van der Waals surface area contributed by atoms with Crippen LogP contribution in [0.15, 0.2) is 18.2 Å². The monoisotopic (exact) mass is 435 g/mol. The number of nitrogens with one attached hydrogen (secondary N) is 1. The molecule has 3 rings (SSSR count). The minimum absolute atomic E-state index is 0.0204. The number of carbonyl (C=O) groups is 2. The van der Waals surface area contributed by atoms with Crippen molar-refractivity contribution < 1.29 is 28.5 Å². The average Bonchev–Trinajstić information content (AvgIpc) is 2.73. The Balaban J connectivity index is 1.59. The van der Waals surface area contributed by atoms with Gasteiger partial charge in [0.2, 0.25) is 0 Å². The van der Waals surface area contributed by atoms with Crippen LogP contribution in [0.25, 0.3) is 0 Å². The third-order valence-electron chi connectivity index (χ3n) is 4.96. The second kappa shape index (κ2) is 10.2. The molecular formula is C22H33N3O6. The Labute approximate surface area is 183 Å². The molecule has 0 saturated carbocycles. The van der Waals surface area contributed by atoms with Crippen LogP contribution in [-0.2, 0) is 14.3 Å². The molecule has 9 heteroatoms. The van der Waals surface area contributed by atoms with E-state index >= 15 is 0 Å². The fourth-order valence-electron chi connectivity index (χ4n) is 3.51. The van der Waals surface area contributed by atoms with Crippen LogP contribution in [0, 0.1) is 0 Å². The second-order valence-electron chi connectivity index (χ2n) is 8.70. The molecule has 0 aliphatic carbocycles. The summed E-state index contributed by atoms with van der Waals surface area (Å²) >= 11 is 0. The standard InChI is InChI=1S/C22H33N3O6/c1-22(2,3)31-21(27)24-10-8-23-16(13-24)14-29-17-6-7-19-18(12-17)25(9-5-11-28-4)20(26)15-30-19/h6-7,12,16,23H,5,8-11,13-15H2,1-4H3. The Morgan fingerprint density at radius 3 is 2.87 bits per heavy atom. The van der Waals surface area contributed by atoms with Crippen molar-refractivity contribution >= 4 is 17.7 Å². The second-order valence-corrected chi connectivity index (χ2v) is 8.70. The van der Waals surface area contributed by atoms with Gasteiger partial charge >= 0.3 is 6.09 Å². The van der Waals surface area contributed by atoms with Crippen LogP contribution in [0.4, 0.5) is 10.5 Å². The van der Waals surface area contributed by atoms with Crippen LogP contribution < -0.4 is 19.7 Å². The Morgan fingerprint density at radius 2 is 2.13 bits per heavy atom. The van der Waals surface area contributed by atoms with Crippen molar-refractivity contribution in [1.82, 2.24) is 10.2 Å². The first-order chi connectivity index (χ1) is 14.8. The van der Waals surface area contributed by atoms with Crippen molar-refractivity contribution in [2.45, 2.75) is 38.8 Å². The Morgan fingerprint density at radius 1 is 1.32 bits per heavy atom. The smallest absolute Gasteiger partial charge is 0.410 e. The first-order valence-corrected chi connectivity index (χ1v) is 10.7. The Hall–Kier alpha value is -2.52. The van der Waals surface area contributed by atoms with E-state index in [-0.39, 0.29) is 24.6 Å². The molecule has 0 bridgehead atoms. The number of methoxy groups -OCH3 is 1. The quantitative estimate of drug-likeness (QED) is 0.656. The minimum atomic E-state index is -0.522. The summed E-state index contributed by atoms with van der Waals surface area (Å²) in [5, 5.41) is 3.37. The lowest BCUT2D eigenvalue weighted by molar-refractivity contribution is -0.121. The lowest BCUT2D eigenvalue weighted by Gasteiger charge is -2.34. The molecule has 1 aromatic carbocycles. The highest BCUT2D eigenvalue weighted by Crippen LogP contribution is 2.35. The van der Waals surface area contributed by atoms with Crippen molar-refractivity contribution in [3.05, 3.63) is 18.2 Å². The van der Waals surface area contributed by atoms with E-state index in [2.05, 4.69) is 5.32 Å². The molecule has 1 fully saturated rings. The summed E-state index contributed by atoms with van der Waals surface area (Å²) in [6.07, 6.45) is 0.425. The van der Waals surface area contributed by atoms with Gasteiger partial charge in [-0.25, -0.2) is 4.79 Å². The molecular weight excluding hydrogens is 402 g/mol. The summed E-state index contributed by atoms with van der Waals surface area (Å²) in [6, 6.07) is 5.46.